The number of hydrogen-bond donors (Lipinski definition) is 2. The molecule has 5 heteroatoms. The van der Waals surface area contributed by atoms with Crippen LogP contribution in [0.1, 0.15) is 34.5 Å². The van der Waals surface area contributed by atoms with Crippen molar-refractivity contribution in [3.8, 4) is 5.75 Å². The highest BCUT2D eigenvalue weighted by atomic mass is 16.5. The number of fused-ring (bicyclic) bond motifs is 1. The van der Waals surface area contributed by atoms with E-state index in [4.69, 9.17) is 4.74 Å². The third-order valence-corrected chi connectivity index (χ3v) is 5.52. The molecule has 0 bridgehead atoms. The molecule has 0 aliphatic rings. The number of para-hydroxylation sites is 1. The van der Waals surface area contributed by atoms with Crippen LogP contribution in [0.25, 0.3) is 10.8 Å². The average molecular weight is 439 g/mol. The first-order chi connectivity index (χ1) is 16.0. The molecule has 0 radical (unpaired) electrons. The first kappa shape index (κ1) is 22.1. The summed E-state index contributed by atoms with van der Waals surface area (Å²) in [5.41, 5.74) is 3.08. The van der Waals surface area contributed by atoms with Gasteiger partial charge < -0.3 is 15.4 Å². The van der Waals surface area contributed by atoms with E-state index in [0.29, 0.717) is 11.3 Å². The summed E-state index contributed by atoms with van der Waals surface area (Å²) in [4.78, 5) is 25.7. The molecule has 0 unspecified atom stereocenters. The summed E-state index contributed by atoms with van der Waals surface area (Å²) in [6, 6.07) is 28.5. The molecule has 166 valence electrons. The lowest BCUT2D eigenvalue weighted by Crippen LogP contribution is -2.31. The van der Waals surface area contributed by atoms with Gasteiger partial charge >= 0.3 is 0 Å². The summed E-state index contributed by atoms with van der Waals surface area (Å²) in [5.74, 6) is -0.185. The van der Waals surface area contributed by atoms with Gasteiger partial charge in [0.1, 0.15) is 5.75 Å². The lowest BCUT2D eigenvalue weighted by atomic mass is 10.0. The number of nitrogens with one attached hydrogen (secondary N) is 2. The molecule has 2 N–H and O–H groups in total. The minimum Gasteiger partial charge on any atom is -0.483 e. The van der Waals surface area contributed by atoms with Crippen LogP contribution < -0.4 is 15.4 Å². The molecule has 0 aliphatic heterocycles. The molecule has 0 aromatic heterocycles. The number of amides is 2. The molecule has 0 spiro atoms. The number of hydrogen-bond acceptors (Lipinski definition) is 3. The highest BCUT2D eigenvalue weighted by molar-refractivity contribution is 6.09. The summed E-state index contributed by atoms with van der Waals surface area (Å²) in [6.07, 6.45) is 0. The van der Waals surface area contributed by atoms with E-state index in [1.165, 1.54) is 0 Å². The van der Waals surface area contributed by atoms with Crippen molar-refractivity contribution in [1.29, 1.82) is 0 Å². The molecular formula is C28H26N2O3. The number of anilines is 1. The van der Waals surface area contributed by atoms with E-state index in [0.717, 1.165) is 27.6 Å². The van der Waals surface area contributed by atoms with Crippen LogP contribution in [0.15, 0.2) is 91.0 Å². The van der Waals surface area contributed by atoms with Crippen LogP contribution in [0.3, 0.4) is 0 Å². The van der Waals surface area contributed by atoms with Gasteiger partial charge in [-0.05, 0) is 53.9 Å². The van der Waals surface area contributed by atoms with Crippen LogP contribution in [-0.2, 0) is 4.79 Å². The Balaban J connectivity index is 1.53. The average Bonchev–Trinajstić information content (AvgIpc) is 2.84. The van der Waals surface area contributed by atoms with Gasteiger partial charge in [0.15, 0.2) is 6.61 Å². The molecule has 4 aromatic rings. The summed E-state index contributed by atoms with van der Waals surface area (Å²) in [6.45, 7) is 3.66. The quantitative estimate of drug-likeness (QED) is 0.391. The molecule has 4 rings (SSSR count). The fourth-order valence-electron chi connectivity index (χ4n) is 3.67. The maximum absolute atomic E-state index is 13.1. The van der Waals surface area contributed by atoms with Crippen molar-refractivity contribution in [2.45, 2.75) is 19.9 Å². The van der Waals surface area contributed by atoms with Crippen LogP contribution in [0.2, 0.25) is 0 Å². The number of aryl methyl sites for hydroxylation is 1. The molecule has 0 heterocycles. The third kappa shape index (κ3) is 5.39. The van der Waals surface area contributed by atoms with Crippen LogP contribution in [0, 0.1) is 6.92 Å². The zero-order valence-corrected chi connectivity index (χ0v) is 18.7. The van der Waals surface area contributed by atoms with E-state index < -0.39 is 0 Å². The summed E-state index contributed by atoms with van der Waals surface area (Å²) in [7, 11) is 0. The maximum atomic E-state index is 13.1. The highest BCUT2D eigenvalue weighted by Crippen LogP contribution is 2.27. The summed E-state index contributed by atoms with van der Waals surface area (Å²) >= 11 is 0. The lowest BCUT2D eigenvalue weighted by Gasteiger charge is -2.16. The lowest BCUT2D eigenvalue weighted by molar-refractivity contribution is -0.123. The van der Waals surface area contributed by atoms with Gasteiger partial charge in [-0.25, -0.2) is 0 Å². The van der Waals surface area contributed by atoms with Gasteiger partial charge in [0.25, 0.3) is 11.8 Å². The van der Waals surface area contributed by atoms with E-state index in [2.05, 4.69) is 10.6 Å². The minimum atomic E-state index is -0.289. The predicted molar refractivity (Wildman–Crippen MR) is 132 cm³/mol. The predicted octanol–water partition coefficient (Wildman–Crippen LogP) is 5.66. The second-order valence-electron chi connectivity index (χ2n) is 7.95. The van der Waals surface area contributed by atoms with Crippen molar-refractivity contribution >= 4 is 28.3 Å². The van der Waals surface area contributed by atoms with Crippen molar-refractivity contribution in [1.82, 2.24) is 5.32 Å². The van der Waals surface area contributed by atoms with Crippen LogP contribution in [-0.4, -0.2) is 18.4 Å². The van der Waals surface area contributed by atoms with Crippen LogP contribution in [0.5, 0.6) is 5.75 Å². The molecule has 33 heavy (non-hydrogen) atoms. The number of carbonyl (C=O) groups is 2. The molecule has 0 saturated carbocycles. The maximum Gasteiger partial charge on any atom is 0.259 e. The second-order valence-corrected chi connectivity index (χ2v) is 7.95. The zero-order chi connectivity index (χ0) is 23.2. The summed E-state index contributed by atoms with van der Waals surface area (Å²) < 4.78 is 5.86. The Morgan fingerprint density at radius 2 is 1.48 bits per heavy atom. The fraction of sp³-hybridized carbons (Fsp3) is 0.143. The Morgan fingerprint density at radius 1 is 0.848 bits per heavy atom. The van der Waals surface area contributed by atoms with Crippen molar-refractivity contribution in [2.24, 2.45) is 0 Å². The molecule has 2 amide bonds. The van der Waals surface area contributed by atoms with Crippen LogP contribution in [0.4, 0.5) is 5.69 Å². The van der Waals surface area contributed by atoms with Gasteiger partial charge in [-0.3, -0.25) is 9.59 Å². The Labute approximate surface area is 193 Å². The van der Waals surface area contributed by atoms with Crippen molar-refractivity contribution in [2.75, 3.05) is 11.9 Å². The Bertz CT molecular complexity index is 1280. The normalized spacial score (nSPS) is 11.6. The van der Waals surface area contributed by atoms with Gasteiger partial charge in [0, 0.05) is 5.69 Å². The SMILES string of the molecule is Cc1ccccc1NC(=O)c1cc2ccccc2cc1OCC(=O)N[C@@H](C)c1ccccc1. The number of rotatable bonds is 7. The van der Waals surface area contributed by atoms with Gasteiger partial charge in [-0.15, -0.1) is 0 Å². The summed E-state index contributed by atoms with van der Waals surface area (Å²) in [5, 5.41) is 7.74. The Morgan fingerprint density at radius 3 is 2.21 bits per heavy atom. The molecule has 0 saturated heterocycles. The fourth-order valence-corrected chi connectivity index (χ4v) is 3.67. The van der Waals surface area contributed by atoms with Gasteiger partial charge in [-0.1, -0.05) is 72.8 Å². The van der Waals surface area contributed by atoms with E-state index in [1.807, 2.05) is 92.7 Å². The van der Waals surface area contributed by atoms with E-state index in [9.17, 15) is 9.59 Å². The minimum absolute atomic E-state index is 0.150. The monoisotopic (exact) mass is 438 g/mol. The standard InChI is InChI=1S/C28H26N2O3/c1-19-10-6-9-15-25(19)30-28(32)24-16-22-13-7-8-14-23(22)17-26(24)33-18-27(31)29-20(2)21-11-4-3-5-12-21/h3-17,20H,18H2,1-2H3,(H,29,31)(H,30,32)/t20-/m0/s1. The van der Waals surface area contributed by atoms with Gasteiger partial charge in [0.05, 0.1) is 11.6 Å². The largest absolute Gasteiger partial charge is 0.483 e. The Hall–Kier alpha value is -4.12. The number of benzene rings is 4. The van der Waals surface area contributed by atoms with Crippen molar-refractivity contribution in [3.05, 3.63) is 108 Å². The molecular weight excluding hydrogens is 412 g/mol. The van der Waals surface area contributed by atoms with E-state index in [-0.39, 0.29) is 24.5 Å². The number of ether oxygens (including phenoxy) is 1. The smallest absolute Gasteiger partial charge is 0.259 e. The van der Waals surface area contributed by atoms with Crippen LogP contribution >= 0.6 is 0 Å². The zero-order valence-electron chi connectivity index (χ0n) is 18.7. The van der Waals surface area contributed by atoms with Crippen molar-refractivity contribution in [3.63, 3.8) is 0 Å². The topological polar surface area (TPSA) is 67.4 Å². The molecule has 5 nitrogen and oxygen atoms in total. The third-order valence-electron chi connectivity index (χ3n) is 5.52. The highest BCUT2D eigenvalue weighted by Gasteiger charge is 2.17. The van der Waals surface area contributed by atoms with Crippen molar-refractivity contribution < 1.29 is 14.3 Å². The molecule has 0 fully saturated rings. The van der Waals surface area contributed by atoms with Gasteiger partial charge in [0.2, 0.25) is 0 Å². The van der Waals surface area contributed by atoms with E-state index >= 15 is 0 Å². The van der Waals surface area contributed by atoms with E-state index in [1.54, 1.807) is 12.1 Å². The molecule has 4 aromatic carbocycles. The number of carbonyl (C=O) groups excluding carboxylic acids is 2. The second kappa shape index (κ2) is 10.0. The first-order valence-electron chi connectivity index (χ1n) is 10.9. The Kier molecular flexibility index (Phi) is 6.69. The first-order valence-corrected chi connectivity index (χ1v) is 10.9. The molecule has 1 atom stereocenters. The van der Waals surface area contributed by atoms with Gasteiger partial charge in [-0.2, -0.15) is 0 Å². The molecule has 0 aliphatic carbocycles.